The normalized spacial score (nSPS) is 13.5. The van der Waals surface area contributed by atoms with Gasteiger partial charge >= 0.3 is 0 Å². The van der Waals surface area contributed by atoms with Gasteiger partial charge in [0.25, 0.3) is 5.88 Å². The Morgan fingerprint density at radius 2 is 1.89 bits per heavy atom. The first-order valence-corrected chi connectivity index (χ1v) is 8.88. The van der Waals surface area contributed by atoms with Crippen LogP contribution in [0.1, 0.15) is 24.5 Å². The van der Waals surface area contributed by atoms with Crippen LogP contribution < -0.4 is 4.74 Å². The van der Waals surface area contributed by atoms with Gasteiger partial charge in [-0.2, -0.15) is 0 Å². The summed E-state index contributed by atoms with van der Waals surface area (Å²) in [4.78, 5) is 12.8. The smallest absolute Gasteiger partial charge is 0.283 e. The lowest BCUT2D eigenvalue weighted by atomic mass is 10.0. The maximum atomic E-state index is 14.1. The highest BCUT2D eigenvalue weighted by atomic mass is 19.1. The molecule has 5 rings (SSSR count). The Kier molecular flexibility index (Phi) is 4.01. The fraction of sp³-hybridized carbons (Fsp3) is 0.150. The van der Waals surface area contributed by atoms with Gasteiger partial charge in [0, 0.05) is 35.6 Å². The molecule has 8 heteroatoms. The van der Waals surface area contributed by atoms with E-state index in [4.69, 9.17) is 4.74 Å². The zero-order valence-corrected chi connectivity index (χ0v) is 14.7. The minimum Gasteiger partial charge on any atom is -0.434 e. The van der Waals surface area contributed by atoms with E-state index in [0.29, 0.717) is 23.0 Å². The number of aromatic nitrogens is 6. The van der Waals surface area contributed by atoms with Crippen molar-refractivity contribution in [2.75, 3.05) is 0 Å². The van der Waals surface area contributed by atoms with Gasteiger partial charge in [0.2, 0.25) is 5.82 Å². The van der Waals surface area contributed by atoms with Crippen LogP contribution in [-0.4, -0.2) is 29.7 Å². The van der Waals surface area contributed by atoms with Crippen LogP contribution in [0, 0.1) is 5.82 Å². The topological polar surface area (TPSA) is 78.6 Å². The molecule has 3 aromatic heterocycles. The highest BCUT2D eigenvalue weighted by molar-refractivity contribution is 5.73. The van der Waals surface area contributed by atoms with Crippen molar-refractivity contribution in [1.82, 2.24) is 29.7 Å². The van der Waals surface area contributed by atoms with Crippen molar-refractivity contribution in [3.63, 3.8) is 0 Å². The number of nitrogens with zero attached hydrogens (tertiary/aromatic N) is 6. The fourth-order valence-corrected chi connectivity index (χ4v) is 3.11. The molecule has 7 nitrogen and oxygen atoms in total. The quantitative estimate of drug-likeness (QED) is 0.527. The van der Waals surface area contributed by atoms with E-state index in [2.05, 4.69) is 25.1 Å². The average Bonchev–Trinajstić information content (AvgIpc) is 3.44. The summed E-state index contributed by atoms with van der Waals surface area (Å²) in [6.07, 6.45) is 10.4. The highest BCUT2D eigenvalue weighted by Crippen LogP contribution is 2.45. The van der Waals surface area contributed by atoms with Crippen LogP contribution in [0.5, 0.6) is 11.6 Å². The van der Waals surface area contributed by atoms with Gasteiger partial charge in [-0.1, -0.05) is 0 Å². The number of rotatable bonds is 5. The van der Waals surface area contributed by atoms with Crippen LogP contribution >= 0.6 is 0 Å². The molecule has 28 heavy (non-hydrogen) atoms. The molecule has 4 aromatic rings. The van der Waals surface area contributed by atoms with Crippen molar-refractivity contribution in [2.45, 2.75) is 18.8 Å². The first-order valence-electron chi connectivity index (χ1n) is 8.88. The zero-order valence-electron chi connectivity index (χ0n) is 14.7. The van der Waals surface area contributed by atoms with E-state index < -0.39 is 0 Å². The van der Waals surface area contributed by atoms with E-state index in [-0.39, 0.29) is 11.7 Å². The largest absolute Gasteiger partial charge is 0.434 e. The summed E-state index contributed by atoms with van der Waals surface area (Å²) >= 11 is 0. The van der Waals surface area contributed by atoms with Crippen molar-refractivity contribution < 1.29 is 9.13 Å². The maximum absolute atomic E-state index is 14.1. The van der Waals surface area contributed by atoms with Crippen molar-refractivity contribution in [2.24, 2.45) is 0 Å². The average molecular weight is 374 g/mol. The highest BCUT2D eigenvalue weighted by Gasteiger charge is 2.29. The standard InChI is InChI=1S/C20H15FN6O/c21-14-5-6-17(15(9-14)16-10-22-11-23-18(16)13-3-4-13)28-20-19(24-12-25-26-20)27-7-1-2-8-27/h1-2,5-13H,3-4H2. The van der Waals surface area contributed by atoms with Gasteiger partial charge in [-0.15, -0.1) is 10.2 Å². The lowest BCUT2D eigenvalue weighted by molar-refractivity contribution is 0.448. The molecule has 3 heterocycles. The number of halogens is 1. The second-order valence-electron chi connectivity index (χ2n) is 6.52. The van der Waals surface area contributed by atoms with Crippen LogP contribution in [0.4, 0.5) is 4.39 Å². The van der Waals surface area contributed by atoms with E-state index >= 15 is 0 Å². The van der Waals surface area contributed by atoms with E-state index in [1.54, 1.807) is 16.8 Å². The van der Waals surface area contributed by atoms with Crippen LogP contribution in [0.25, 0.3) is 16.9 Å². The number of hydrogen-bond acceptors (Lipinski definition) is 6. The number of hydrogen-bond donors (Lipinski definition) is 0. The van der Waals surface area contributed by atoms with E-state index in [0.717, 1.165) is 24.1 Å². The zero-order chi connectivity index (χ0) is 18.9. The van der Waals surface area contributed by atoms with Crippen molar-refractivity contribution in [3.05, 3.63) is 73.1 Å². The summed E-state index contributed by atoms with van der Waals surface area (Å²) in [6.45, 7) is 0. The maximum Gasteiger partial charge on any atom is 0.283 e. The van der Waals surface area contributed by atoms with Crippen molar-refractivity contribution in [3.8, 4) is 28.6 Å². The predicted octanol–water partition coefficient (Wildman–Crippen LogP) is 3.93. The summed E-state index contributed by atoms with van der Waals surface area (Å²) in [7, 11) is 0. The third-order valence-electron chi connectivity index (χ3n) is 4.57. The first-order chi connectivity index (χ1) is 13.8. The lowest BCUT2D eigenvalue weighted by Gasteiger charge is -2.14. The minimum absolute atomic E-state index is 0.219. The molecule has 1 aliphatic rings. The molecule has 0 bridgehead atoms. The van der Waals surface area contributed by atoms with Gasteiger partial charge in [-0.05, 0) is 43.2 Å². The molecule has 0 saturated heterocycles. The molecule has 0 N–H and O–H groups in total. The molecule has 0 unspecified atom stereocenters. The van der Waals surface area contributed by atoms with Gasteiger partial charge < -0.3 is 9.30 Å². The third-order valence-corrected chi connectivity index (χ3v) is 4.57. The second kappa shape index (κ2) is 6.80. The summed E-state index contributed by atoms with van der Waals surface area (Å²) in [5.74, 6) is 1.16. The van der Waals surface area contributed by atoms with Gasteiger partial charge in [-0.25, -0.2) is 19.3 Å². The third kappa shape index (κ3) is 3.09. The summed E-state index contributed by atoms with van der Waals surface area (Å²) < 4.78 is 21.9. The summed E-state index contributed by atoms with van der Waals surface area (Å²) in [5, 5.41) is 7.91. The second-order valence-corrected chi connectivity index (χ2v) is 6.52. The molecule has 0 amide bonds. The molecule has 1 fully saturated rings. The summed E-state index contributed by atoms with van der Waals surface area (Å²) in [5.41, 5.74) is 2.25. The molecule has 1 aliphatic carbocycles. The molecule has 0 atom stereocenters. The molecule has 138 valence electrons. The lowest BCUT2D eigenvalue weighted by Crippen LogP contribution is -2.03. The Balaban J connectivity index is 1.60. The van der Waals surface area contributed by atoms with E-state index in [1.807, 2.05) is 24.5 Å². The first kappa shape index (κ1) is 16.5. The molecular formula is C20H15FN6O. The van der Waals surface area contributed by atoms with Gasteiger partial charge in [-0.3, -0.25) is 0 Å². The predicted molar refractivity (Wildman–Crippen MR) is 98.6 cm³/mol. The van der Waals surface area contributed by atoms with Gasteiger partial charge in [0.15, 0.2) is 0 Å². The van der Waals surface area contributed by atoms with Crippen molar-refractivity contribution in [1.29, 1.82) is 0 Å². The van der Waals surface area contributed by atoms with Gasteiger partial charge in [0.05, 0.1) is 5.69 Å². The number of ether oxygens (including phenoxy) is 1. The van der Waals surface area contributed by atoms with E-state index in [1.165, 1.54) is 24.8 Å². The Bertz CT molecular complexity index is 1130. The summed E-state index contributed by atoms with van der Waals surface area (Å²) in [6, 6.07) is 8.09. The molecular weight excluding hydrogens is 359 g/mol. The molecule has 1 aromatic carbocycles. The molecule has 0 spiro atoms. The Labute approximate surface area is 159 Å². The Hall–Kier alpha value is -3.68. The monoisotopic (exact) mass is 374 g/mol. The molecule has 1 saturated carbocycles. The molecule has 0 radical (unpaired) electrons. The van der Waals surface area contributed by atoms with Crippen LogP contribution in [0.2, 0.25) is 0 Å². The number of benzene rings is 1. The molecule has 0 aliphatic heterocycles. The van der Waals surface area contributed by atoms with Crippen LogP contribution in [-0.2, 0) is 0 Å². The fourth-order valence-electron chi connectivity index (χ4n) is 3.11. The Morgan fingerprint density at radius 3 is 2.71 bits per heavy atom. The van der Waals surface area contributed by atoms with Crippen molar-refractivity contribution >= 4 is 0 Å². The van der Waals surface area contributed by atoms with Crippen LogP contribution in [0.3, 0.4) is 0 Å². The van der Waals surface area contributed by atoms with E-state index in [9.17, 15) is 4.39 Å². The minimum atomic E-state index is -0.365. The SMILES string of the molecule is Fc1ccc(Oc2nncnc2-n2cccc2)c(-c2cncnc2C2CC2)c1. The Morgan fingerprint density at radius 1 is 1.04 bits per heavy atom. The van der Waals surface area contributed by atoms with Gasteiger partial charge in [0.1, 0.15) is 24.2 Å². The van der Waals surface area contributed by atoms with Crippen LogP contribution in [0.15, 0.2) is 61.6 Å².